The monoisotopic (exact) mass is 246 g/mol. The Balaban J connectivity index is 2.95. The van der Waals surface area contributed by atoms with Crippen molar-refractivity contribution in [1.82, 2.24) is 4.98 Å². The molecule has 1 aromatic rings. The third-order valence-electron chi connectivity index (χ3n) is 1.65. The molecule has 0 bridgehead atoms. The van der Waals surface area contributed by atoms with Gasteiger partial charge in [-0.15, -0.1) is 6.58 Å². The predicted molar refractivity (Wildman–Crippen MR) is 61.6 cm³/mol. The van der Waals surface area contributed by atoms with E-state index in [1.807, 2.05) is 0 Å². The Labute approximate surface area is 94.0 Å². The molecular weight excluding hydrogens is 236 g/mol. The van der Waals surface area contributed by atoms with Gasteiger partial charge in [-0.05, 0) is 19.1 Å². The van der Waals surface area contributed by atoms with Crippen molar-refractivity contribution < 1.29 is 8.42 Å². The minimum Gasteiger partial charge on any atom is -0.281 e. The second kappa shape index (κ2) is 4.63. The number of sulfonamides is 1. The lowest BCUT2D eigenvalue weighted by Crippen LogP contribution is -2.16. The average Bonchev–Trinajstić information content (AvgIpc) is 2.09. The van der Waals surface area contributed by atoms with E-state index in [1.54, 1.807) is 13.0 Å². The summed E-state index contributed by atoms with van der Waals surface area (Å²) in [7, 11) is -3.37. The Morgan fingerprint density at radius 3 is 2.80 bits per heavy atom. The van der Waals surface area contributed by atoms with Crippen LogP contribution in [0.15, 0.2) is 24.8 Å². The van der Waals surface area contributed by atoms with Gasteiger partial charge in [-0.2, -0.15) is 0 Å². The molecule has 0 unspecified atom stereocenters. The van der Waals surface area contributed by atoms with Crippen LogP contribution in [0.4, 0.5) is 5.69 Å². The van der Waals surface area contributed by atoms with Gasteiger partial charge in [0.1, 0.15) is 5.15 Å². The highest BCUT2D eigenvalue weighted by atomic mass is 35.5. The fraction of sp³-hybridized carbons (Fsp3) is 0.222. The van der Waals surface area contributed by atoms with Gasteiger partial charge in [-0.3, -0.25) is 4.72 Å². The van der Waals surface area contributed by atoms with Gasteiger partial charge in [0, 0.05) is 0 Å². The highest BCUT2D eigenvalue weighted by Gasteiger charge is 2.10. The molecule has 6 heteroatoms. The number of halogens is 1. The normalized spacial score (nSPS) is 11.1. The molecule has 15 heavy (non-hydrogen) atoms. The van der Waals surface area contributed by atoms with Crippen LogP contribution >= 0.6 is 11.6 Å². The zero-order valence-electron chi connectivity index (χ0n) is 8.20. The molecule has 1 N–H and O–H groups in total. The number of anilines is 1. The molecule has 0 saturated heterocycles. The van der Waals surface area contributed by atoms with Crippen molar-refractivity contribution >= 4 is 27.3 Å². The van der Waals surface area contributed by atoms with Crippen LogP contribution in [0.5, 0.6) is 0 Å². The van der Waals surface area contributed by atoms with E-state index < -0.39 is 10.0 Å². The van der Waals surface area contributed by atoms with Crippen molar-refractivity contribution in [2.24, 2.45) is 0 Å². The van der Waals surface area contributed by atoms with E-state index in [2.05, 4.69) is 16.3 Å². The van der Waals surface area contributed by atoms with Crippen LogP contribution in [0.1, 0.15) is 5.69 Å². The first-order chi connectivity index (χ1) is 6.94. The molecule has 0 atom stereocenters. The summed E-state index contributed by atoms with van der Waals surface area (Å²) in [5.41, 5.74) is 0.969. The lowest BCUT2D eigenvalue weighted by atomic mass is 10.3. The SMILES string of the molecule is C=CCS(=O)(=O)Nc1ccc(Cl)nc1C. The minimum atomic E-state index is -3.37. The van der Waals surface area contributed by atoms with E-state index in [0.29, 0.717) is 16.5 Å². The van der Waals surface area contributed by atoms with Gasteiger partial charge in [0.15, 0.2) is 0 Å². The number of aromatic nitrogens is 1. The van der Waals surface area contributed by atoms with Crippen molar-refractivity contribution in [3.05, 3.63) is 35.6 Å². The third-order valence-corrected chi connectivity index (χ3v) is 3.07. The molecule has 1 aromatic heterocycles. The molecule has 0 aliphatic rings. The average molecular weight is 247 g/mol. The van der Waals surface area contributed by atoms with Crippen molar-refractivity contribution in [1.29, 1.82) is 0 Å². The molecule has 0 radical (unpaired) electrons. The maximum absolute atomic E-state index is 11.4. The molecule has 0 spiro atoms. The van der Waals surface area contributed by atoms with E-state index >= 15 is 0 Å². The predicted octanol–water partition coefficient (Wildman–Crippen LogP) is 1.97. The van der Waals surface area contributed by atoms with E-state index in [0.717, 1.165) is 0 Å². The van der Waals surface area contributed by atoms with E-state index in [4.69, 9.17) is 11.6 Å². The van der Waals surface area contributed by atoms with Gasteiger partial charge in [0.05, 0.1) is 17.1 Å². The Morgan fingerprint density at radius 1 is 1.60 bits per heavy atom. The number of aryl methyl sites for hydroxylation is 1. The highest BCUT2D eigenvalue weighted by Crippen LogP contribution is 2.16. The molecule has 1 rings (SSSR count). The molecule has 0 fully saturated rings. The second-order valence-corrected chi connectivity index (χ2v) is 5.09. The smallest absolute Gasteiger partial charge is 0.236 e. The van der Waals surface area contributed by atoms with Crippen LogP contribution in [0, 0.1) is 6.92 Å². The number of nitrogens with one attached hydrogen (secondary N) is 1. The van der Waals surface area contributed by atoms with Crippen LogP contribution in [0.3, 0.4) is 0 Å². The second-order valence-electron chi connectivity index (χ2n) is 2.94. The molecule has 1 heterocycles. The fourth-order valence-electron chi connectivity index (χ4n) is 1.00. The minimum absolute atomic E-state index is 0.130. The van der Waals surface area contributed by atoms with Crippen LogP contribution in [0.25, 0.3) is 0 Å². The van der Waals surface area contributed by atoms with Crippen LogP contribution in [-0.4, -0.2) is 19.2 Å². The van der Waals surface area contributed by atoms with E-state index in [-0.39, 0.29) is 5.75 Å². The summed E-state index contributed by atoms with van der Waals surface area (Å²) in [5.74, 6) is -0.130. The Hall–Kier alpha value is -1.07. The number of nitrogens with zero attached hydrogens (tertiary/aromatic N) is 1. The standard InChI is InChI=1S/C9H11ClN2O2S/c1-3-6-15(13,14)12-8-4-5-9(10)11-7(8)2/h3-5,12H,1,6H2,2H3. The lowest BCUT2D eigenvalue weighted by molar-refractivity contribution is 0.604. The van der Waals surface area contributed by atoms with Crippen molar-refractivity contribution in [3.8, 4) is 0 Å². The third kappa shape index (κ3) is 3.53. The first-order valence-electron chi connectivity index (χ1n) is 4.19. The Kier molecular flexibility index (Phi) is 3.71. The van der Waals surface area contributed by atoms with E-state index in [1.165, 1.54) is 12.1 Å². The molecule has 0 saturated carbocycles. The van der Waals surface area contributed by atoms with Crippen molar-refractivity contribution in [2.45, 2.75) is 6.92 Å². The topological polar surface area (TPSA) is 59.1 Å². The van der Waals surface area contributed by atoms with Crippen LogP contribution in [0.2, 0.25) is 5.15 Å². The van der Waals surface area contributed by atoms with Gasteiger partial charge < -0.3 is 0 Å². The molecule has 0 aromatic carbocycles. The summed E-state index contributed by atoms with van der Waals surface area (Å²) >= 11 is 5.64. The molecular formula is C9H11ClN2O2S. The summed E-state index contributed by atoms with van der Waals surface area (Å²) in [6.07, 6.45) is 1.32. The maximum atomic E-state index is 11.4. The maximum Gasteiger partial charge on any atom is 0.236 e. The molecule has 0 aliphatic carbocycles. The number of hydrogen-bond acceptors (Lipinski definition) is 3. The van der Waals surface area contributed by atoms with Gasteiger partial charge >= 0.3 is 0 Å². The zero-order valence-corrected chi connectivity index (χ0v) is 9.77. The molecule has 0 amide bonds. The molecule has 4 nitrogen and oxygen atoms in total. The van der Waals surface area contributed by atoms with Gasteiger partial charge in [-0.25, -0.2) is 13.4 Å². The summed E-state index contributed by atoms with van der Waals surface area (Å²) < 4.78 is 25.2. The van der Waals surface area contributed by atoms with Crippen LogP contribution < -0.4 is 4.72 Å². The number of pyridine rings is 1. The fourth-order valence-corrected chi connectivity index (χ4v) is 2.14. The lowest BCUT2D eigenvalue weighted by Gasteiger charge is -2.08. The van der Waals surface area contributed by atoms with Gasteiger partial charge in [0.2, 0.25) is 10.0 Å². The molecule has 82 valence electrons. The first-order valence-corrected chi connectivity index (χ1v) is 6.22. The van der Waals surface area contributed by atoms with Gasteiger partial charge in [-0.1, -0.05) is 17.7 Å². The van der Waals surface area contributed by atoms with Crippen molar-refractivity contribution in [3.63, 3.8) is 0 Å². The quantitative estimate of drug-likeness (QED) is 0.653. The Morgan fingerprint density at radius 2 is 2.27 bits per heavy atom. The summed E-state index contributed by atoms with van der Waals surface area (Å²) in [6.45, 7) is 5.05. The van der Waals surface area contributed by atoms with Crippen molar-refractivity contribution in [2.75, 3.05) is 10.5 Å². The van der Waals surface area contributed by atoms with Crippen LogP contribution in [-0.2, 0) is 10.0 Å². The summed E-state index contributed by atoms with van der Waals surface area (Å²) in [6, 6.07) is 3.10. The largest absolute Gasteiger partial charge is 0.281 e. The number of hydrogen-bond donors (Lipinski definition) is 1. The summed E-state index contributed by atoms with van der Waals surface area (Å²) in [5, 5.41) is 0.333. The van der Waals surface area contributed by atoms with E-state index in [9.17, 15) is 8.42 Å². The van der Waals surface area contributed by atoms with Gasteiger partial charge in [0.25, 0.3) is 0 Å². The first kappa shape index (κ1) is 12.0. The summed E-state index contributed by atoms with van der Waals surface area (Å²) in [4.78, 5) is 3.93. The highest BCUT2D eigenvalue weighted by molar-refractivity contribution is 7.92. The Bertz CT molecular complexity index is 471. The zero-order chi connectivity index (χ0) is 11.5. The molecule has 0 aliphatic heterocycles. The number of rotatable bonds is 4.